The van der Waals surface area contributed by atoms with Crippen molar-refractivity contribution in [2.24, 2.45) is 185 Å². The van der Waals surface area contributed by atoms with Crippen LogP contribution in [0.25, 0.3) is 0 Å². The molecule has 131 heavy (non-hydrogen) atoms. The number of pyridine rings is 4. The normalized spacial score (nSPS) is 46.8. The van der Waals surface area contributed by atoms with Crippen molar-refractivity contribution < 1.29 is 44.7 Å². The average Bonchev–Trinajstić information content (AvgIpc) is 1.66. The van der Waals surface area contributed by atoms with Gasteiger partial charge >= 0.3 is 0 Å². The highest BCUT2D eigenvalue weighted by Crippen LogP contribution is 2.76. The maximum absolute atomic E-state index is 11.2. The second kappa shape index (κ2) is 39.2. The number of halogens is 1. The summed E-state index contributed by atoms with van der Waals surface area (Å²) in [4.78, 5) is 17.0. The quantitative estimate of drug-likeness (QED) is 0.0525. The summed E-state index contributed by atoms with van der Waals surface area (Å²) < 4.78 is 10.2. The molecule has 0 spiro atoms. The first-order chi connectivity index (χ1) is 62.3. The highest BCUT2D eigenvalue weighted by atomic mass is 32.2. The van der Waals surface area contributed by atoms with Gasteiger partial charge < -0.3 is 40.9 Å². The lowest BCUT2D eigenvalue weighted by Crippen LogP contribution is -2.56. The zero-order valence-electron chi connectivity index (χ0n) is 84.8. The lowest BCUT2D eigenvalue weighted by Gasteiger charge is -2.62. The van der Waals surface area contributed by atoms with Crippen LogP contribution < -0.4 is 0 Å². The number of hydrogen-bond acceptors (Lipinski definition) is 13. The minimum Gasteiger partial charge on any atom is -0.390 e. The fourth-order valence-corrected chi connectivity index (χ4v) is 38.5. The van der Waals surface area contributed by atoms with E-state index in [1.165, 1.54) is 186 Å². The van der Waals surface area contributed by atoms with Gasteiger partial charge in [0, 0.05) is 68.0 Å². The summed E-state index contributed by atoms with van der Waals surface area (Å²) in [6, 6.07) is 15.9. The Morgan fingerprint density at radius 2 is 0.481 bits per heavy atom. The van der Waals surface area contributed by atoms with E-state index in [0.717, 1.165) is 170 Å². The molecule has 1 unspecified atom stereocenters. The van der Waals surface area contributed by atoms with Crippen molar-refractivity contribution in [3.8, 4) is 0 Å². The zero-order valence-corrected chi connectivity index (χ0v) is 85.7. The van der Waals surface area contributed by atoms with Crippen LogP contribution in [-0.4, -0.2) is 89.4 Å². The number of aliphatic hydroxyl groups is 8. The Morgan fingerprint density at radius 3 is 0.656 bits per heavy atom. The van der Waals surface area contributed by atoms with Crippen molar-refractivity contribution in [1.82, 2.24) is 19.9 Å². The highest BCUT2D eigenvalue weighted by Gasteiger charge is 2.68. The van der Waals surface area contributed by atoms with E-state index in [2.05, 4.69) is 131 Å². The van der Waals surface area contributed by atoms with E-state index in [-0.39, 0.29) is 35.8 Å². The van der Waals surface area contributed by atoms with Crippen LogP contribution in [0.4, 0.5) is 3.89 Å². The number of fused-ring (bicyclic) bond motifs is 20. The van der Waals surface area contributed by atoms with Crippen LogP contribution in [0, 0.1) is 185 Å². The molecule has 4 aromatic rings. The summed E-state index contributed by atoms with van der Waals surface area (Å²) in [7, 11) is 0. The molecule has 732 valence electrons. The molecule has 0 aromatic carbocycles. The van der Waals surface area contributed by atoms with Crippen LogP contribution in [0.15, 0.2) is 98.1 Å². The molecule has 12 nitrogen and oxygen atoms in total. The fourth-order valence-electron chi connectivity index (χ4n) is 38.5. The molecule has 4 heterocycles. The minimum atomic E-state index is -0.416. The van der Waals surface area contributed by atoms with Gasteiger partial charge in [0.15, 0.2) is 0 Å². The van der Waals surface area contributed by atoms with Gasteiger partial charge in [-0.25, -0.2) is 0 Å². The number of aliphatic hydroxyl groups excluding tert-OH is 4. The SMILES string of the molecule is CC[C@]1(O)CC[C@@]2(C)[C@@H](CC[C@@H]3[C@@H]2CC[C@]2(C)[C@@H]([C@H](C)C(O)c4cccnc4)CC[C@@H]32)C1.CC[C@]1(O)CC[C@@]2(C)[C@@H](CC[C@@H]3[C@@H]2CC[C@]2(C)[C@@H]([C@H](C)[C@@H](O)c4cccnc4)CC[C@@H]32)C1.CC[C@]1(O)CC[C@@]2(C)[C@@H](CC[C@@H]3[C@@H]2CC[C@]2(C)[C@@H]([C@H](C)[C@H](O)c4cccnc4)CC[C@@H]32)C1.CC[C@]1(O)CC[C@@]2(C)[C@@H](CC[C@@H]3[C@@H]2CC[C@]2(C)[C@@H]([C@H](C)[C@H](O)c4cccnc4)CC[C@@H]32)C1.CSF. The second-order valence-corrected chi connectivity index (χ2v) is 51.5. The third kappa shape index (κ3) is 18.2. The number of nitrogens with zero attached hydrogens (tertiary/aromatic N) is 4. The molecule has 0 amide bonds. The Kier molecular flexibility index (Phi) is 30.1. The van der Waals surface area contributed by atoms with Crippen LogP contribution in [0.2, 0.25) is 0 Å². The molecule has 16 saturated carbocycles. The van der Waals surface area contributed by atoms with Gasteiger partial charge in [-0.3, -0.25) is 19.9 Å². The summed E-state index contributed by atoms with van der Waals surface area (Å²) in [6.07, 6.45) is 62.6. The van der Waals surface area contributed by atoms with E-state index in [0.29, 0.717) is 90.7 Å². The van der Waals surface area contributed by atoms with E-state index < -0.39 is 46.8 Å². The van der Waals surface area contributed by atoms with E-state index in [1.54, 1.807) is 24.8 Å². The molecule has 20 rings (SSSR count). The van der Waals surface area contributed by atoms with Crippen molar-refractivity contribution in [1.29, 1.82) is 0 Å². The third-order valence-corrected chi connectivity index (χ3v) is 46.8. The summed E-state index contributed by atoms with van der Waals surface area (Å²) in [6.45, 7) is 38.5. The Labute approximate surface area is 798 Å². The first-order valence-electron chi connectivity index (χ1n) is 54.6. The smallest absolute Gasteiger partial charge is 0.0833 e. The lowest BCUT2D eigenvalue weighted by atomic mass is 9.43. The Morgan fingerprint density at radius 1 is 0.290 bits per heavy atom. The highest BCUT2D eigenvalue weighted by molar-refractivity contribution is 7.93. The zero-order chi connectivity index (χ0) is 93.6. The van der Waals surface area contributed by atoms with Gasteiger partial charge in [-0.2, -0.15) is 3.89 Å². The standard InChI is InChI=1S/4C29H45NO2.CH3FS/c4*1-5-29(32)15-14-27(3)21(17-29)8-9-22-24-11-10-23(28(24,4)13-12-25(22)27)19(2)26(31)20-7-6-16-30-18-20;1-3-2/h4*6-7,16,18-19,21-26,31-32H,5,8-15,17H2,1-4H3;1H3/t19-,21-,22-,23+,24-,25-,26?,27-,28+,29-;19-,21-,22-,23+,24-,25-,26+,27-,28+,29-;2*19-,21-,22-,23+,24-,25-,26-,27-,28+,29-;/m0000./s1. The molecule has 0 bridgehead atoms. The Bertz CT molecular complexity index is 3830. The molecule has 0 radical (unpaired) electrons. The summed E-state index contributed by atoms with van der Waals surface area (Å²) in [5.41, 5.74) is 5.36. The monoisotopic (exact) mass is 1820 g/mol. The van der Waals surface area contributed by atoms with Crippen molar-refractivity contribution in [2.45, 2.75) is 414 Å². The topological polar surface area (TPSA) is 213 Å². The van der Waals surface area contributed by atoms with Gasteiger partial charge in [-0.15, -0.1) is 0 Å². The van der Waals surface area contributed by atoms with Gasteiger partial charge in [0.2, 0.25) is 0 Å². The first kappa shape index (κ1) is 101. The fraction of sp³-hybridized carbons (Fsp3) is 0.829. The van der Waals surface area contributed by atoms with Crippen LogP contribution in [0.3, 0.4) is 0 Å². The number of aromatic nitrogens is 4. The number of hydrogen-bond donors (Lipinski definition) is 8. The summed E-state index contributed by atoms with van der Waals surface area (Å²) in [5.74, 6) is 16.2. The average molecular weight is 1820 g/mol. The van der Waals surface area contributed by atoms with Gasteiger partial charge in [0.1, 0.15) is 0 Å². The predicted octanol–water partition coefficient (Wildman–Crippen LogP) is 27.4. The van der Waals surface area contributed by atoms with Crippen molar-refractivity contribution in [3.05, 3.63) is 120 Å². The largest absolute Gasteiger partial charge is 0.390 e. The van der Waals surface area contributed by atoms with Gasteiger partial charge in [-0.05, 0) is 489 Å². The van der Waals surface area contributed by atoms with Crippen molar-refractivity contribution >= 4 is 12.1 Å². The molecular weight excluding hydrogens is 1640 g/mol. The van der Waals surface area contributed by atoms with Crippen LogP contribution in [0.1, 0.15) is 414 Å². The molecule has 4 aromatic heterocycles. The van der Waals surface area contributed by atoms with E-state index in [1.807, 2.05) is 73.3 Å². The van der Waals surface area contributed by atoms with Crippen LogP contribution in [0.5, 0.6) is 0 Å². The van der Waals surface area contributed by atoms with Crippen molar-refractivity contribution in [2.75, 3.05) is 6.26 Å². The first-order valence-corrected chi connectivity index (χ1v) is 55.8. The molecule has 16 aliphatic rings. The van der Waals surface area contributed by atoms with E-state index in [9.17, 15) is 44.7 Å². The molecule has 8 N–H and O–H groups in total. The van der Waals surface area contributed by atoms with E-state index >= 15 is 0 Å². The van der Waals surface area contributed by atoms with Crippen LogP contribution in [-0.2, 0) is 0 Å². The van der Waals surface area contributed by atoms with Gasteiger partial charge in [0.05, 0.1) is 46.8 Å². The molecular formula is C117H183FN4O8S. The molecule has 16 fully saturated rings. The van der Waals surface area contributed by atoms with Crippen molar-refractivity contribution in [3.63, 3.8) is 0 Å². The third-order valence-electron chi connectivity index (χ3n) is 46.8. The minimum absolute atomic E-state index is 0.250. The Hall–Kier alpha value is -3.44. The summed E-state index contributed by atoms with van der Waals surface area (Å²) in [5, 5.41) is 88.9. The lowest BCUT2D eigenvalue weighted by molar-refractivity contribution is -0.154. The maximum atomic E-state index is 11.2. The second-order valence-electron chi connectivity index (χ2n) is 51.2. The Balaban J connectivity index is 0.000000126. The summed E-state index contributed by atoms with van der Waals surface area (Å²) >= 11 is 0.250. The molecule has 40 atom stereocenters. The maximum Gasteiger partial charge on any atom is 0.0833 e. The van der Waals surface area contributed by atoms with Gasteiger partial charge in [0.25, 0.3) is 0 Å². The number of rotatable bonds is 16. The van der Waals surface area contributed by atoms with Crippen LogP contribution >= 0.6 is 12.1 Å². The molecule has 0 aliphatic heterocycles. The molecule has 16 aliphatic carbocycles. The molecule has 0 saturated heterocycles. The molecule has 14 heteroatoms. The van der Waals surface area contributed by atoms with Gasteiger partial charge in [-0.1, -0.05) is 135 Å². The predicted molar refractivity (Wildman–Crippen MR) is 530 cm³/mol. The van der Waals surface area contributed by atoms with E-state index in [4.69, 9.17) is 0 Å².